The van der Waals surface area contributed by atoms with Crippen molar-refractivity contribution >= 4 is 5.91 Å². The molecule has 25 heavy (non-hydrogen) atoms. The predicted molar refractivity (Wildman–Crippen MR) is 90.6 cm³/mol. The van der Waals surface area contributed by atoms with Crippen molar-refractivity contribution in [1.29, 1.82) is 5.26 Å². The summed E-state index contributed by atoms with van der Waals surface area (Å²) in [6.07, 6.45) is 2.87. The average Bonchev–Trinajstić information content (AvgIpc) is 2.65. The van der Waals surface area contributed by atoms with Crippen LogP contribution in [0.1, 0.15) is 24.1 Å². The lowest BCUT2D eigenvalue weighted by molar-refractivity contribution is -0.123. The molecule has 1 heterocycles. The van der Waals surface area contributed by atoms with E-state index in [1.165, 1.54) is 18.5 Å². The second kappa shape index (κ2) is 8.55. The fraction of sp³-hybridized carbons (Fsp3) is 0.278. The Kier molecular flexibility index (Phi) is 6.18. The van der Waals surface area contributed by atoms with Crippen molar-refractivity contribution in [1.82, 2.24) is 10.3 Å². The van der Waals surface area contributed by atoms with Crippen molar-refractivity contribution in [2.75, 3.05) is 20.8 Å². The molecule has 1 aromatic heterocycles. The molecular formula is C18H19N3O4. The van der Waals surface area contributed by atoms with Gasteiger partial charge in [-0.05, 0) is 25.1 Å². The molecule has 0 bridgehead atoms. The smallest absolute Gasteiger partial charge is 0.258 e. The largest absolute Gasteiger partial charge is 0.497 e. The number of amides is 1. The molecule has 0 aliphatic rings. The van der Waals surface area contributed by atoms with Crippen molar-refractivity contribution in [3.05, 3.63) is 47.8 Å². The van der Waals surface area contributed by atoms with Gasteiger partial charge in [0, 0.05) is 17.8 Å². The number of methoxy groups -OCH3 is 2. The monoisotopic (exact) mass is 341 g/mol. The second-order valence-electron chi connectivity index (χ2n) is 5.21. The molecule has 1 aromatic carbocycles. The summed E-state index contributed by atoms with van der Waals surface area (Å²) in [7, 11) is 3.14. The molecule has 0 aliphatic heterocycles. The van der Waals surface area contributed by atoms with Crippen LogP contribution in [0.25, 0.3) is 0 Å². The molecule has 1 amide bonds. The van der Waals surface area contributed by atoms with Crippen LogP contribution in [0.4, 0.5) is 0 Å². The van der Waals surface area contributed by atoms with E-state index in [0.29, 0.717) is 22.8 Å². The van der Waals surface area contributed by atoms with Gasteiger partial charge < -0.3 is 19.5 Å². The van der Waals surface area contributed by atoms with Crippen molar-refractivity contribution in [3.8, 4) is 23.3 Å². The first kappa shape index (κ1) is 18.1. The number of pyridine rings is 1. The number of nitrogens with one attached hydrogen (secondary N) is 1. The van der Waals surface area contributed by atoms with Crippen molar-refractivity contribution in [3.63, 3.8) is 0 Å². The first-order chi connectivity index (χ1) is 12.1. The highest BCUT2D eigenvalue weighted by Crippen LogP contribution is 2.29. The molecule has 0 aliphatic carbocycles. The summed E-state index contributed by atoms with van der Waals surface area (Å²) >= 11 is 0. The molecular weight excluding hydrogens is 322 g/mol. The third kappa shape index (κ3) is 4.85. The van der Waals surface area contributed by atoms with Gasteiger partial charge in [-0.25, -0.2) is 0 Å². The lowest BCUT2D eigenvalue weighted by Gasteiger charge is -2.18. The van der Waals surface area contributed by atoms with Crippen LogP contribution in [0.15, 0.2) is 36.7 Å². The van der Waals surface area contributed by atoms with E-state index in [2.05, 4.69) is 10.3 Å². The zero-order valence-electron chi connectivity index (χ0n) is 14.3. The molecule has 130 valence electrons. The molecule has 1 atom stereocenters. The number of benzene rings is 1. The Morgan fingerprint density at radius 3 is 2.72 bits per heavy atom. The molecule has 0 radical (unpaired) electrons. The standard InChI is InChI=1S/C18H19N3O4/c1-12(16-7-14(23-2)4-5-17(16)24-3)21-18(22)11-25-15-6-13(8-19)9-20-10-15/h4-7,9-10,12H,11H2,1-3H3,(H,21,22). The van der Waals surface area contributed by atoms with E-state index in [1.54, 1.807) is 26.4 Å². The Hall–Kier alpha value is -3.27. The van der Waals surface area contributed by atoms with Crippen LogP contribution >= 0.6 is 0 Å². The van der Waals surface area contributed by atoms with Gasteiger partial charge in [-0.2, -0.15) is 5.26 Å². The van der Waals surface area contributed by atoms with Crippen LogP contribution in [-0.4, -0.2) is 31.7 Å². The topological polar surface area (TPSA) is 93.5 Å². The highest BCUT2D eigenvalue weighted by molar-refractivity contribution is 5.78. The van der Waals surface area contributed by atoms with Crippen molar-refractivity contribution in [2.45, 2.75) is 13.0 Å². The van der Waals surface area contributed by atoms with Gasteiger partial charge in [0.1, 0.15) is 23.3 Å². The van der Waals surface area contributed by atoms with Gasteiger partial charge in [0.2, 0.25) is 0 Å². The van der Waals surface area contributed by atoms with Gasteiger partial charge in [0.05, 0.1) is 32.0 Å². The van der Waals surface area contributed by atoms with Crippen molar-refractivity contribution < 1.29 is 19.0 Å². The first-order valence-corrected chi connectivity index (χ1v) is 7.56. The van der Waals surface area contributed by atoms with E-state index in [0.717, 1.165) is 5.56 Å². The highest BCUT2D eigenvalue weighted by Gasteiger charge is 2.15. The lowest BCUT2D eigenvalue weighted by atomic mass is 10.1. The fourth-order valence-electron chi connectivity index (χ4n) is 2.25. The normalized spacial score (nSPS) is 11.1. The van der Waals surface area contributed by atoms with Gasteiger partial charge in [-0.15, -0.1) is 0 Å². The Balaban J connectivity index is 1.99. The summed E-state index contributed by atoms with van der Waals surface area (Å²) in [6, 6.07) is 8.57. The van der Waals surface area contributed by atoms with Gasteiger partial charge in [-0.1, -0.05) is 0 Å². The lowest BCUT2D eigenvalue weighted by Crippen LogP contribution is -2.31. The number of aromatic nitrogens is 1. The molecule has 2 rings (SSSR count). The number of carbonyl (C=O) groups excluding carboxylic acids is 1. The Labute approximate surface area is 146 Å². The maximum Gasteiger partial charge on any atom is 0.258 e. The second-order valence-corrected chi connectivity index (χ2v) is 5.21. The van der Waals surface area contributed by atoms with Crippen LogP contribution in [0.2, 0.25) is 0 Å². The van der Waals surface area contributed by atoms with Gasteiger partial charge in [0.15, 0.2) is 6.61 Å². The summed E-state index contributed by atoms with van der Waals surface area (Å²) in [4.78, 5) is 16.0. The summed E-state index contributed by atoms with van der Waals surface area (Å²) < 4.78 is 15.9. The van der Waals surface area contributed by atoms with Crippen LogP contribution in [0.3, 0.4) is 0 Å². The number of ether oxygens (including phenoxy) is 3. The van der Waals surface area contributed by atoms with E-state index in [-0.39, 0.29) is 18.6 Å². The molecule has 1 N–H and O–H groups in total. The maximum absolute atomic E-state index is 12.1. The molecule has 0 spiro atoms. The van der Waals surface area contributed by atoms with Crippen molar-refractivity contribution in [2.24, 2.45) is 0 Å². The third-order valence-corrected chi connectivity index (χ3v) is 3.49. The molecule has 7 heteroatoms. The zero-order chi connectivity index (χ0) is 18.2. The first-order valence-electron chi connectivity index (χ1n) is 7.56. The number of carbonyl (C=O) groups is 1. The average molecular weight is 341 g/mol. The van der Waals surface area contributed by atoms with E-state index in [1.807, 2.05) is 19.1 Å². The Bertz CT molecular complexity index is 786. The highest BCUT2D eigenvalue weighted by atomic mass is 16.5. The minimum absolute atomic E-state index is 0.187. The number of nitrogens with zero attached hydrogens (tertiary/aromatic N) is 2. The molecule has 0 saturated heterocycles. The maximum atomic E-state index is 12.1. The SMILES string of the molecule is COc1ccc(OC)c(C(C)NC(=O)COc2cncc(C#N)c2)c1. The van der Waals surface area contributed by atoms with E-state index in [4.69, 9.17) is 19.5 Å². The quantitative estimate of drug-likeness (QED) is 0.830. The zero-order valence-corrected chi connectivity index (χ0v) is 14.3. The summed E-state index contributed by atoms with van der Waals surface area (Å²) in [6.45, 7) is 1.65. The van der Waals surface area contributed by atoms with Crippen LogP contribution in [-0.2, 0) is 4.79 Å². The van der Waals surface area contributed by atoms with Gasteiger partial charge >= 0.3 is 0 Å². The van der Waals surface area contributed by atoms with Crippen LogP contribution in [0, 0.1) is 11.3 Å². The summed E-state index contributed by atoms with van der Waals surface area (Å²) in [5, 5.41) is 11.7. The molecule has 0 fully saturated rings. The number of hydrogen-bond donors (Lipinski definition) is 1. The predicted octanol–water partition coefficient (Wildman–Crippen LogP) is 2.23. The minimum atomic E-state index is -0.306. The minimum Gasteiger partial charge on any atom is -0.497 e. The Morgan fingerprint density at radius 1 is 1.24 bits per heavy atom. The Morgan fingerprint density at radius 2 is 2.04 bits per heavy atom. The number of nitriles is 1. The van der Waals surface area contributed by atoms with Crippen LogP contribution in [0.5, 0.6) is 17.2 Å². The fourth-order valence-corrected chi connectivity index (χ4v) is 2.25. The van der Waals surface area contributed by atoms with Crippen LogP contribution < -0.4 is 19.5 Å². The third-order valence-electron chi connectivity index (χ3n) is 3.49. The number of rotatable bonds is 7. The van der Waals surface area contributed by atoms with E-state index < -0.39 is 0 Å². The summed E-state index contributed by atoms with van der Waals surface area (Å²) in [5.41, 5.74) is 1.16. The van der Waals surface area contributed by atoms with Gasteiger partial charge in [0.25, 0.3) is 5.91 Å². The van der Waals surface area contributed by atoms with E-state index in [9.17, 15) is 4.79 Å². The molecule has 0 saturated carbocycles. The van der Waals surface area contributed by atoms with E-state index >= 15 is 0 Å². The number of hydrogen-bond acceptors (Lipinski definition) is 6. The summed E-state index contributed by atoms with van der Waals surface area (Å²) in [5.74, 6) is 1.38. The molecule has 1 unspecified atom stereocenters. The molecule has 7 nitrogen and oxygen atoms in total. The molecule has 2 aromatic rings. The van der Waals surface area contributed by atoms with Gasteiger partial charge in [-0.3, -0.25) is 9.78 Å².